The van der Waals surface area contributed by atoms with Gasteiger partial charge in [-0.3, -0.25) is 14.6 Å². The molecule has 2 amide bonds. The number of likely N-dealkylation sites (tertiary alicyclic amines) is 1. The summed E-state index contributed by atoms with van der Waals surface area (Å²) in [7, 11) is 0. The van der Waals surface area contributed by atoms with Gasteiger partial charge in [-0.15, -0.1) is 11.3 Å². The molecule has 0 saturated carbocycles. The molecule has 1 aliphatic heterocycles. The number of carbonyl (C=O) groups is 2. The molecule has 3 rings (SSSR count). The SMILES string of the molecule is Cc1nc(CCNC(=O)C2CC(=O)N(Cc3cccnc3)C2)sc1C. The molecule has 0 bridgehead atoms. The van der Waals surface area contributed by atoms with E-state index in [1.807, 2.05) is 19.1 Å². The van der Waals surface area contributed by atoms with E-state index in [1.54, 1.807) is 28.6 Å². The molecule has 6 nitrogen and oxygen atoms in total. The molecular formula is C18H22N4O2S. The van der Waals surface area contributed by atoms with Crippen LogP contribution in [-0.2, 0) is 22.6 Å². The highest BCUT2D eigenvalue weighted by Crippen LogP contribution is 2.20. The average molecular weight is 358 g/mol. The van der Waals surface area contributed by atoms with Gasteiger partial charge in [-0.05, 0) is 25.5 Å². The summed E-state index contributed by atoms with van der Waals surface area (Å²) in [6.45, 7) is 5.58. The molecular weight excluding hydrogens is 336 g/mol. The maximum absolute atomic E-state index is 12.3. The second-order valence-corrected chi connectivity index (χ2v) is 7.61. The van der Waals surface area contributed by atoms with Crippen molar-refractivity contribution in [3.63, 3.8) is 0 Å². The second kappa shape index (κ2) is 7.74. The lowest BCUT2D eigenvalue weighted by molar-refractivity contribution is -0.129. The predicted octanol–water partition coefficient (Wildman–Crippen LogP) is 1.86. The number of nitrogens with one attached hydrogen (secondary N) is 1. The number of rotatable bonds is 6. The van der Waals surface area contributed by atoms with Crippen molar-refractivity contribution in [3.8, 4) is 0 Å². The average Bonchev–Trinajstić information content (AvgIpc) is 3.11. The van der Waals surface area contributed by atoms with E-state index in [0.29, 0.717) is 19.6 Å². The molecule has 2 aromatic heterocycles. The largest absolute Gasteiger partial charge is 0.355 e. The van der Waals surface area contributed by atoms with E-state index in [0.717, 1.165) is 22.7 Å². The Balaban J connectivity index is 1.47. The fraction of sp³-hybridized carbons (Fsp3) is 0.444. The molecule has 1 saturated heterocycles. The van der Waals surface area contributed by atoms with Crippen molar-refractivity contribution in [1.82, 2.24) is 20.2 Å². The fourth-order valence-electron chi connectivity index (χ4n) is 2.90. The standard InChI is InChI=1S/C18H22N4O2S/c1-12-13(2)25-16(21-12)5-7-20-18(24)15-8-17(23)22(11-15)10-14-4-3-6-19-9-14/h3-4,6,9,15H,5,7-8,10-11H2,1-2H3,(H,20,24). The van der Waals surface area contributed by atoms with Crippen LogP contribution in [0.4, 0.5) is 0 Å². The molecule has 3 heterocycles. The first-order valence-corrected chi connectivity index (χ1v) is 9.22. The first kappa shape index (κ1) is 17.5. The molecule has 0 aliphatic carbocycles. The number of hydrogen-bond acceptors (Lipinski definition) is 5. The van der Waals surface area contributed by atoms with Crippen LogP contribution >= 0.6 is 11.3 Å². The van der Waals surface area contributed by atoms with Crippen LogP contribution in [-0.4, -0.2) is 39.8 Å². The Kier molecular flexibility index (Phi) is 5.43. The molecule has 25 heavy (non-hydrogen) atoms. The summed E-state index contributed by atoms with van der Waals surface area (Å²) in [5.41, 5.74) is 2.03. The van der Waals surface area contributed by atoms with E-state index >= 15 is 0 Å². The summed E-state index contributed by atoms with van der Waals surface area (Å²) in [6.07, 6.45) is 4.46. The van der Waals surface area contributed by atoms with Gasteiger partial charge in [0.2, 0.25) is 11.8 Å². The maximum atomic E-state index is 12.3. The number of aromatic nitrogens is 2. The van der Waals surface area contributed by atoms with Crippen LogP contribution < -0.4 is 5.32 Å². The topological polar surface area (TPSA) is 75.2 Å². The first-order chi connectivity index (χ1) is 12.0. The number of amides is 2. The second-order valence-electron chi connectivity index (χ2n) is 6.33. The third-order valence-corrected chi connectivity index (χ3v) is 5.53. The Bertz CT molecular complexity index is 740. The van der Waals surface area contributed by atoms with Crippen molar-refractivity contribution < 1.29 is 9.59 Å². The van der Waals surface area contributed by atoms with Crippen molar-refractivity contribution in [2.24, 2.45) is 5.92 Å². The van der Waals surface area contributed by atoms with Gasteiger partial charge in [0.05, 0.1) is 16.6 Å². The quantitative estimate of drug-likeness (QED) is 0.855. The predicted molar refractivity (Wildman–Crippen MR) is 96.1 cm³/mol. The van der Waals surface area contributed by atoms with Gasteiger partial charge in [-0.1, -0.05) is 6.07 Å². The van der Waals surface area contributed by atoms with Crippen LogP contribution in [0.15, 0.2) is 24.5 Å². The number of pyridine rings is 1. The van der Waals surface area contributed by atoms with Gasteiger partial charge in [0, 0.05) is 49.7 Å². The van der Waals surface area contributed by atoms with Gasteiger partial charge in [-0.25, -0.2) is 4.98 Å². The first-order valence-electron chi connectivity index (χ1n) is 8.40. The van der Waals surface area contributed by atoms with Gasteiger partial charge < -0.3 is 10.2 Å². The van der Waals surface area contributed by atoms with Gasteiger partial charge in [0.25, 0.3) is 0 Å². The molecule has 1 atom stereocenters. The Morgan fingerprint density at radius 2 is 2.28 bits per heavy atom. The summed E-state index contributed by atoms with van der Waals surface area (Å²) >= 11 is 1.67. The van der Waals surface area contributed by atoms with E-state index in [-0.39, 0.29) is 24.2 Å². The molecule has 1 unspecified atom stereocenters. The molecule has 7 heteroatoms. The lowest BCUT2D eigenvalue weighted by Gasteiger charge is -2.16. The zero-order chi connectivity index (χ0) is 17.8. The summed E-state index contributed by atoms with van der Waals surface area (Å²) in [5, 5.41) is 3.98. The minimum Gasteiger partial charge on any atom is -0.355 e. The minimum absolute atomic E-state index is 0.0233. The lowest BCUT2D eigenvalue weighted by Crippen LogP contribution is -2.34. The molecule has 0 radical (unpaired) electrons. The summed E-state index contributed by atoms with van der Waals surface area (Å²) in [4.78, 5) is 36.0. The molecule has 132 valence electrons. The van der Waals surface area contributed by atoms with Gasteiger partial charge in [-0.2, -0.15) is 0 Å². The number of aryl methyl sites for hydroxylation is 2. The Labute approximate surface area is 151 Å². The molecule has 1 fully saturated rings. The van der Waals surface area contributed by atoms with Crippen LogP contribution in [0.25, 0.3) is 0 Å². The molecule has 1 aliphatic rings. The van der Waals surface area contributed by atoms with Crippen molar-refractivity contribution >= 4 is 23.2 Å². The van der Waals surface area contributed by atoms with Crippen LogP contribution in [0.5, 0.6) is 0 Å². The van der Waals surface area contributed by atoms with E-state index in [4.69, 9.17) is 0 Å². The third kappa shape index (κ3) is 4.42. The number of carbonyl (C=O) groups excluding carboxylic acids is 2. The van der Waals surface area contributed by atoms with Crippen molar-refractivity contribution in [2.75, 3.05) is 13.1 Å². The van der Waals surface area contributed by atoms with Gasteiger partial charge >= 0.3 is 0 Å². The van der Waals surface area contributed by atoms with E-state index in [9.17, 15) is 9.59 Å². The summed E-state index contributed by atoms with van der Waals surface area (Å²) in [6, 6.07) is 3.79. The smallest absolute Gasteiger partial charge is 0.225 e. The molecule has 0 aromatic carbocycles. The van der Waals surface area contributed by atoms with Crippen molar-refractivity contribution in [1.29, 1.82) is 0 Å². The normalized spacial score (nSPS) is 17.1. The van der Waals surface area contributed by atoms with Crippen molar-refractivity contribution in [2.45, 2.75) is 33.2 Å². The van der Waals surface area contributed by atoms with E-state index in [1.165, 1.54) is 4.88 Å². The summed E-state index contributed by atoms with van der Waals surface area (Å²) < 4.78 is 0. The zero-order valence-electron chi connectivity index (χ0n) is 14.5. The third-order valence-electron chi connectivity index (χ3n) is 4.39. The van der Waals surface area contributed by atoms with Crippen LogP contribution in [0.1, 0.15) is 27.6 Å². The number of thiazole rings is 1. The zero-order valence-corrected chi connectivity index (χ0v) is 15.3. The van der Waals surface area contributed by atoms with E-state index in [2.05, 4.69) is 22.2 Å². The molecule has 0 spiro atoms. The highest BCUT2D eigenvalue weighted by atomic mass is 32.1. The Morgan fingerprint density at radius 3 is 2.96 bits per heavy atom. The Morgan fingerprint density at radius 1 is 1.44 bits per heavy atom. The highest BCUT2D eigenvalue weighted by Gasteiger charge is 2.34. The van der Waals surface area contributed by atoms with Crippen LogP contribution in [0.2, 0.25) is 0 Å². The van der Waals surface area contributed by atoms with Crippen molar-refractivity contribution in [3.05, 3.63) is 45.7 Å². The fourth-order valence-corrected chi connectivity index (χ4v) is 3.83. The van der Waals surface area contributed by atoms with Gasteiger partial charge in [0.1, 0.15) is 0 Å². The minimum atomic E-state index is -0.274. The highest BCUT2D eigenvalue weighted by molar-refractivity contribution is 7.11. The maximum Gasteiger partial charge on any atom is 0.225 e. The number of nitrogens with zero attached hydrogens (tertiary/aromatic N) is 3. The lowest BCUT2D eigenvalue weighted by atomic mass is 10.1. The van der Waals surface area contributed by atoms with E-state index < -0.39 is 0 Å². The molecule has 1 N–H and O–H groups in total. The number of hydrogen-bond donors (Lipinski definition) is 1. The monoisotopic (exact) mass is 358 g/mol. The molecule has 2 aromatic rings. The van der Waals surface area contributed by atoms with Crippen LogP contribution in [0, 0.1) is 19.8 Å². The Hall–Kier alpha value is -2.28. The van der Waals surface area contributed by atoms with Gasteiger partial charge in [0.15, 0.2) is 0 Å². The summed E-state index contributed by atoms with van der Waals surface area (Å²) in [5.74, 6) is -0.300. The van der Waals surface area contributed by atoms with Crippen LogP contribution in [0.3, 0.4) is 0 Å².